The van der Waals surface area contributed by atoms with Gasteiger partial charge in [-0.25, -0.2) is 8.42 Å². The fourth-order valence-corrected chi connectivity index (χ4v) is 3.44. The minimum atomic E-state index is -2.87. The van der Waals surface area contributed by atoms with Gasteiger partial charge in [-0.2, -0.15) is 0 Å². The maximum Gasteiger partial charge on any atom is 0.153 e. The third-order valence-corrected chi connectivity index (χ3v) is 4.93. The first-order valence-corrected chi connectivity index (χ1v) is 7.98. The van der Waals surface area contributed by atoms with Gasteiger partial charge >= 0.3 is 0 Å². The Labute approximate surface area is 113 Å². The third-order valence-electron chi connectivity index (χ3n) is 3.10. The van der Waals surface area contributed by atoms with E-state index < -0.39 is 9.84 Å². The second-order valence-corrected chi connectivity index (χ2v) is 7.27. The van der Waals surface area contributed by atoms with Crippen LogP contribution in [-0.4, -0.2) is 38.0 Å². The molecule has 0 bridgehead atoms. The number of aryl methyl sites for hydroxylation is 1. The Kier molecular flexibility index (Phi) is 3.59. The Morgan fingerprint density at radius 1 is 1.33 bits per heavy atom. The monoisotopic (exact) mass is 284 g/mol. The van der Waals surface area contributed by atoms with Crippen molar-refractivity contribution in [2.45, 2.75) is 6.92 Å². The lowest BCUT2D eigenvalue weighted by Crippen LogP contribution is -2.41. The SMILES string of the molecule is Cc1ccc(N2CCS(=O)(=O)CC2)c(C(N)=S)c1. The molecule has 1 aliphatic heterocycles. The Balaban J connectivity index is 2.32. The summed E-state index contributed by atoms with van der Waals surface area (Å²) in [5.41, 5.74) is 8.58. The second-order valence-electron chi connectivity index (χ2n) is 4.52. The van der Waals surface area contributed by atoms with Crippen LogP contribution in [0, 0.1) is 6.92 Å². The van der Waals surface area contributed by atoms with Gasteiger partial charge in [-0.05, 0) is 19.1 Å². The fourth-order valence-electron chi connectivity index (χ4n) is 2.08. The molecule has 98 valence electrons. The quantitative estimate of drug-likeness (QED) is 0.816. The van der Waals surface area contributed by atoms with E-state index in [0.29, 0.717) is 18.1 Å². The van der Waals surface area contributed by atoms with E-state index in [4.69, 9.17) is 18.0 Å². The van der Waals surface area contributed by atoms with Crippen LogP contribution in [0.25, 0.3) is 0 Å². The van der Waals surface area contributed by atoms with Crippen LogP contribution in [0.1, 0.15) is 11.1 Å². The molecular formula is C12H16N2O2S2. The summed E-state index contributed by atoms with van der Waals surface area (Å²) in [5, 5.41) is 0. The molecule has 1 aromatic rings. The van der Waals surface area contributed by atoms with E-state index in [2.05, 4.69) is 0 Å². The normalized spacial score (nSPS) is 18.6. The molecule has 0 radical (unpaired) electrons. The standard InChI is InChI=1S/C12H16N2O2S2/c1-9-2-3-11(10(8-9)12(13)17)14-4-6-18(15,16)7-5-14/h2-3,8H,4-7H2,1H3,(H2,13,17). The first kappa shape index (κ1) is 13.3. The molecule has 6 heteroatoms. The average Bonchev–Trinajstić information content (AvgIpc) is 2.29. The van der Waals surface area contributed by atoms with Gasteiger partial charge in [0, 0.05) is 24.3 Å². The van der Waals surface area contributed by atoms with E-state index in [1.165, 1.54) is 0 Å². The number of thiocarbonyl (C=S) groups is 1. The number of nitrogens with two attached hydrogens (primary N) is 1. The summed E-state index contributed by atoms with van der Waals surface area (Å²) < 4.78 is 22.8. The maximum atomic E-state index is 11.4. The molecule has 2 rings (SSSR count). The Hall–Kier alpha value is -1.14. The van der Waals surface area contributed by atoms with E-state index >= 15 is 0 Å². The van der Waals surface area contributed by atoms with Crippen molar-refractivity contribution >= 4 is 32.7 Å². The van der Waals surface area contributed by atoms with Crippen LogP contribution < -0.4 is 10.6 Å². The lowest BCUT2D eigenvalue weighted by atomic mass is 10.1. The van der Waals surface area contributed by atoms with Crippen LogP contribution in [0.5, 0.6) is 0 Å². The summed E-state index contributed by atoms with van der Waals surface area (Å²) in [6, 6.07) is 5.89. The molecule has 1 aromatic carbocycles. The lowest BCUT2D eigenvalue weighted by Gasteiger charge is -2.30. The van der Waals surface area contributed by atoms with Gasteiger partial charge in [-0.1, -0.05) is 23.8 Å². The van der Waals surface area contributed by atoms with Crippen molar-refractivity contribution in [1.82, 2.24) is 0 Å². The number of benzene rings is 1. The van der Waals surface area contributed by atoms with Gasteiger partial charge in [0.25, 0.3) is 0 Å². The average molecular weight is 284 g/mol. The minimum Gasteiger partial charge on any atom is -0.389 e. The highest BCUT2D eigenvalue weighted by molar-refractivity contribution is 7.91. The Morgan fingerprint density at radius 2 is 1.94 bits per heavy atom. The van der Waals surface area contributed by atoms with E-state index in [-0.39, 0.29) is 11.5 Å². The summed E-state index contributed by atoms with van der Waals surface area (Å²) in [6.07, 6.45) is 0. The number of anilines is 1. The highest BCUT2D eigenvalue weighted by Gasteiger charge is 2.23. The molecule has 0 aliphatic carbocycles. The van der Waals surface area contributed by atoms with Gasteiger partial charge in [0.1, 0.15) is 4.99 Å². The summed E-state index contributed by atoms with van der Waals surface area (Å²) in [5.74, 6) is 0.384. The molecule has 18 heavy (non-hydrogen) atoms. The molecule has 1 heterocycles. The number of sulfone groups is 1. The summed E-state index contributed by atoms with van der Waals surface area (Å²) >= 11 is 5.06. The molecule has 1 fully saturated rings. The van der Waals surface area contributed by atoms with Crippen molar-refractivity contribution in [3.63, 3.8) is 0 Å². The largest absolute Gasteiger partial charge is 0.389 e. The molecule has 0 amide bonds. The van der Waals surface area contributed by atoms with Crippen LogP contribution in [0.15, 0.2) is 18.2 Å². The molecule has 4 nitrogen and oxygen atoms in total. The number of hydrogen-bond acceptors (Lipinski definition) is 4. The van der Waals surface area contributed by atoms with Gasteiger partial charge in [0.2, 0.25) is 0 Å². The van der Waals surface area contributed by atoms with Crippen molar-refractivity contribution in [1.29, 1.82) is 0 Å². The topological polar surface area (TPSA) is 63.4 Å². The Bertz CT molecular complexity index is 568. The van der Waals surface area contributed by atoms with Crippen molar-refractivity contribution in [2.75, 3.05) is 29.5 Å². The van der Waals surface area contributed by atoms with Crippen LogP contribution in [0.3, 0.4) is 0 Å². The van der Waals surface area contributed by atoms with Crippen LogP contribution in [0.4, 0.5) is 5.69 Å². The van der Waals surface area contributed by atoms with Gasteiger partial charge in [0.05, 0.1) is 11.5 Å². The predicted octanol–water partition coefficient (Wildman–Crippen LogP) is 0.864. The predicted molar refractivity (Wildman–Crippen MR) is 77.9 cm³/mol. The van der Waals surface area contributed by atoms with E-state index in [9.17, 15) is 8.42 Å². The Morgan fingerprint density at radius 3 is 2.50 bits per heavy atom. The molecule has 0 saturated carbocycles. The van der Waals surface area contributed by atoms with Crippen LogP contribution in [-0.2, 0) is 9.84 Å². The summed E-state index contributed by atoms with van der Waals surface area (Å²) in [6.45, 7) is 2.98. The fraction of sp³-hybridized carbons (Fsp3) is 0.417. The highest BCUT2D eigenvalue weighted by Crippen LogP contribution is 2.23. The van der Waals surface area contributed by atoms with Gasteiger partial charge in [-0.3, -0.25) is 0 Å². The number of rotatable bonds is 2. The molecule has 0 spiro atoms. The van der Waals surface area contributed by atoms with Crippen molar-refractivity contribution in [3.05, 3.63) is 29.3 Å². The van der Waals surface area contributed by atoms with Crippen LogP contribution >= 0.6 is 12.2 Å². The van der Waals surface area contributed by atoms with E-state index in [1.54, 1.807) is 0 Å². The molecule has 0 unspecified atom stereocenters. The zero-order valence-corrected chi connectivity index (χ0v) is 11.9. The number of hydrogen-bond donors (Lipinski definition) is 1. The van der Waals surface area contributed by atoms with Crippen molar-refractivity contribution < 1.29 is 8.42 Å². The number of nitrogens with zero attached hydrogens (tertiary/aromatic N) is 1. The van der Waals surface area contributed by atoms with E-state index in [1.807, 2.05) is 30.0 Å². The first-order chi connectivity index (χ1) is 8.39. The highest BCUT2D eigenvalue weighted by atomic mass is 32.2. The van der Waals surface area contributed by atoms with Gasteiger partial charge in [-0.15, -0.1) is 0 Å². The summed E-state index contributed by atoms with van der Waals surface area (Å²) in [7, 11) is -2.87. The van der Waals surface area contributed by atoms with Crippen molar-refractivity contribution in [2.24, 2.45) is 5.73 Å². The molecule has 1 aliphatic rings. The van der Waals surface area contributed by atoms with E-state index in [0.717, 1.165) is 16.8 Å². The molecule has 0 atom stereocenters. The zero-order valence-electron chi connectivity index (χ0n) is 10.2. The third kappa shape index (κ3) is 2.81. The van der Waals surface area contributed by atoms with Gasteiger partial charge < -0.3 is 10.6 Å². The zero-order chi connectivity index (χ0) is 13.3. The first-order valence-electron chi connectivity index (χ1n) is 5.75. The molecule has 0 aromatic heterocycles. The molecule has 1 saturated heterocycles. The van der Waals surface area contributed by atoms with Gasteiger partial charge in [0.15, 0.2) is 9.84 Å². The summed E-state index contributed by atoms with van der Waals surface area (Å²) in [4.78, 5) is 2.39. The second kappa shape index (κ2) is 4.85. The maximum absolute atomic E-state index is 11.4. The lowest BCUT2D eigenvalue weighted by molar-refractivity contribution is 0.587. The van der Waals surface area contributed by atoms with Crippen molar-refractivity contribution in [3.8, 4) is 0 Å². The minimum absolute atomic E-state index is 0.192. The van der Waals surface area contributed by atoms with Crippen LogP contribution in [0.2, 0.25) is 0 Å². The molecule has 2 N–H and O–H groups in total. The smallest absolute Gasteiger partial charge is 0.153 e. The molecular weight excluding hydrogens is 268 g/mol.